The molecular weight excluding hydrogens is 164 g/mol. The fourth-order valence-electron chi connectivity index (χ4n) is 0. The van der Waals surface area contributed by atoms with Gasteiger partial charge in [-0.15, -0.1) is 0 Å². The summed E-state index contributed by atoms with van der Waals surface area (Å²) in [6.45, 7) is 0. The van der Waals surface area contributed by atoms with Gasteiger partial charge in [0.1, 0.15) is 0 Å². The van der Waals surface area contributed by atoms with Crippen molar-refractivity contribution in [2.45, 2.75) is 0 Å². The van der Waals surface area contributed by atoms with Crippen LogP contribution in [0.4, 0.5) is 0 Å². The molecule has 0 aliphatic heterocycles. The SMILES string of the molecule is [N-2]O[SiH3].[N-2]O[SiH3].[Ti+4]. The maximum absolute atomic E-state index is 7.13. The third kappa shape index (κ3) is 178. The predicted molar refractivity (Wildman–Crippen MR) is 28.8 cm³/mol. The molecule has 0 amide bonds. The van der Waals surface area contributed by atoms with Crippen molar-refractivity contribution in [3.63, 3.8) is 0 Å². The molecular formula is H6N2O2Si2Ti. The number of hydrogen-bond acceptors (Lipinski definition) is 2. The van der Waals surface area contributed by atoms with Gasteiger partial charge in [0.25, 0.3) is 0 Å². The number of nitrogens with zero attached hydrogens (tertiary/aromatic N) is 2. The average molecular weight is 170 g/mol. The fourth-order valence-corrected chi connectivity index (χ4v) is 0. The van der Waals surface area contributed by atoms with Gasteiger partial charge in [-0.3, -0.25) is 0 Å². The summed E-state index contributed by atoms with van der Waals surface area (Å²) in [6, 6.07) is 0. The van der Waals surface area contributed by atoms with Crippen molar-refractivity contribution in [2.24, 2.45) is 0 Å². The Kier molecular flexibility index (Phi) is 62.9. The minimum absolute atomic E-state index is 0. The molecule has 0 rings (SSSR count). The van der Waals surface area contributed by atoms with Gasteiger partial charge in [-0.05, 0) is 0 Å². The molecule has 0 radical (unpaired) electrons. The van der Waals surface area contributed by atoms with E-state index in [9.17, 15) is 0 Å². The molecule has 0 saturated heterocycles. The second kappa shape index (κ2) is 28.1. The Labute approximate surface area is 63.8 Å². The molecule has 0 N–H and O–H groups in total. The van der Waals surface area contributed by atoms with E-state index in [1.54, 1.807) is 0 Å². The molecule has 0 bridgehead atoms. The standard InChI is InChI=1S/2H3NOSi.Ti/c2*1-2-3;/h2*3H3;/q2*-2;+4. The molecule has 0 saturated carbocycles. The number of rotatable bonds is 0. The Morgan fingerprint density at radius 1 is 1.00 bits per heavy atom. The van der Waals surface area contributed by atoms with E-state index in [0.717, 1.165) is 0 Å². The zero-order valence-electron chi connectivity index (χ0n) is 4.21. The van der Waals surface area contributed by atoms with Crippen LogP contribution < -0.4 is 0 Å². The number of hydrogen-bond donors (Lipinski definition) is 0. The third-order valence-electron chi connectivity index (χ3n) is 0. The summed E-state index contributed by atoms with van der Waals surface area (Å²) in [5, 5.41) is 0. The van der Waals surface area contributed by atoms with Crippen LogP contribution in [0.3, 0.4) is 0 Å². The molecule has 0 aromatic rings. The van der Waals surface area contributed by atoms with Gasteiger partial charge in [0.2, 0.25) is 0 Å². The van der Waals surface area contributed by atoms with Crippen LogP contribution in [0.15, 0.2) is 0 Å². The molecule has 40 valence electrons. The first kappa shape index (κ1) is 15.7. The maximum Gasteiger partial charge on any atom is 4.00 e. The molecule has 0 atom stereocenters. The molecule has 0 aliphatic rings. The zero-order chi connectivity index (χ0) is 5.41. The van der Waals surface area contributed by atoms with E-state index in [2.05, 4.69) is 9.05 Å². The Balaban J connectivity index is -0.0000000400. The van der Waals surface area contributed by atoms with E-state index < -0.39 is 0 Å². The van der Waals surface area contributed by atoms with Crippen molar-refractivity contribution >= 4 is 21.0 Å². The zero-order valence-corrected chi connectivity index (χ0v) is 9.77. The first-order valence-electron chi connectivity index (χ1n) is 1.18. The van der Waals surface area contributed by atoms with Crippen LogP contribution in [0.25, 0.3) is 11.8 Å². The Morgan fingerprint density at radius 2 is 1.00 bits per heavy atom. The van der Waals surface area contributed by atoms with Crippen molar-refractivity contribution in [2.75, 3.05) is 0 Å². The topological polar surface area (TPSA) is 63.1 Å². The van der Waals surface area contributed by atoms with E-state index in [1.807, 2.05) is 0 Å². The normalized spacial score (nSPS) is 6.00. The van der Waals surface area contributed by atoms with Crippen LogP contribution in [0.2, 0.25) is 0 Å². The Hall–Kier alpha value is 0.988. The summed E-state index contributed by atoms with van der Waals surface area (Å²) >= 11 is 0. The van der Waals surface area contributed by atoms with Crippen LogP contribution >= 0.6 is 0 Å². The summed E-state index contributed by atoms with van der Waals surface area (Å²) in [5.41, 5.74) is 0. The third-order valence-corrected chi connectivity index (χ3v) is 0. The summed E-state index contributed by atoms with van der Waals surface area (Å²) in [7, 11) is 0.849. The smallest absolute Gasteiger partial charge is 1.44 e. The van der Waals surface area contributed by atoms with Crippen molar-refractivity contribution in [1.29, 1.82) is 0 Å². The molecule has 0 unspecified atom stereocenters. The van der Waals surface area contributed by atoms with Gasteiger partial charge in [0.15, 0.2) is 0 Å². The molecule has 0 aromatic heterocycles. The van der Waals surface area contributed by atoms with Crippen molar-refractivity contribution in [1.82, 2.24) is 0 Å². The quantitative estimate of drug-likeness (QED) is 0.314. The molecule has 0 heterocycles. The van der Waals surface area contributed by atoms with Crippen molar-refractivity contribution < 1.29 is 30.8 Å². The summed E-state index contributed by atoms with van der Waals surface area (Å²) in [6.07, 6.45) is 0. The largest absolute Gasteiger partial charge is 4.00 e. The van der Waals surface area contributed by atoms with Gasteiger partial charge in [0, 0.05) is 0 Å². The van der Waals surface area contributed by atoms with Crippen molar-refractivity contribution in [3.05, 3.63) is 11.8 Å². The van der Waals surface area contributed by atoms with Crippen LogP contribution in [-0.4, -0.2) is 21.0 Å². The Morgan fingerprint density at radius 3 is 1.00 bits per heavy atom. The molecule has 0 fully saturated rings. The minimum atomic E-state index is 0. The fraction of sp³-hybridized carbons (Fsp3) is 0. The van der Waals surface area contributed by atoms with E-state index in [0.29, 0.717) is 21.0 Å². The molecule has 0 aliphatic carbocycles. The molecule has 0 spiro atoms. The maximum atomic E-state index is 7.13. The molecule has 7 heavy (non-hydrogen) atoms. The van der Waals surface area contributed by atoms with Gasteiger partial charge in [-0.2, -0.15) is 0 Å². The van der Waals surface area contributed by atoms with Crippen LogP contribution in [0, 0.1) is 0 Å². The minimum Gasteiger partial charge on any atom is -1.44 e. The van der Waals surface area contributed by atoms with Crippen LogP contribution in [0.5, 0.6) is 0 Å². The summed E-state index contributed by atoms with van der Waals surface area (Å²) in [4.78, 5) is 0. The monoisotopic (exact) mass is 170 g/mol. The first-order valence-corrected chi connectivity index (χ1v) is 2.81. The van der Waals surface area contributed by atoms with Crippen molar-refractivity contribution in [3.8, 4) is 0 Å². The van der Waals surface area contributed by atoms with E-state index >= 15 is 0 Å². The Bertz CT molecular complexity index is 15.7. The van der Waals surface area contributed by atoms with Gasteiger partial charge >= 0.3 is 21.7 Å². The van der Waals surface area contributed by atoms with Gasteiger partial charge < -0.3 is 20.8 Å². The average Bonchev–Trinajstić information content (AvgIpc) is 1.39. The first-order chi connectivity index (χ1) is 2.83. The molecule has 0 aromatic carbocycles. The van der Waals surface area contributed by atoms with E-state index in [4.69, 9.17) is 11.8 Å². The predicted octanol–water partition coefficient (Wildman–Crippen LogP) is -1.93. The molecule has 4 nitrogen and oxygen atoms in total. The van der Waals surface area contributed by atoms with E-state index in [-0.39, 0.29) is 21.7 Å². The van der Waals surface area contributed by atoms with Gasteiger partial charge in [-0.25, -0.2) is 0 Å². The second-order valence-corrected chi connectivity index (χ2v) is 1.10. The second-order valence-electron chi connectivity index (χ2n) is 0.365. The van der Waals surface area contributed by atoms with Crippen LogP contribution in [0.1, 0.15) is 0 Å². The van der Waals surface area contributed by atoms with Gasteiger partial charge in [-0.1, -0.05) is 0 Å². The summed E-state index contributed by atoms with van der Waals surface area (Å²) in [5.74, 6) is 14.3. The van der Waals surface area contributed by atoms with E-state index in [1.165, 1.54) is 0 Å². The molecule has 7 heteroatoms. The van der Waals surface area contributed by atoms with Gasteiger partial charge in [0.05, 0.1) is 21.0 Å². The van der Waals surface area contributed by atoms with Crippen LogP contribution in [-0.2, 0) is 30.8 Å². The summed E-state index contributed by atoms with van der Waals surface area (Å²) < 4.78 is 6.78.